The third-order valence-corrected chi connectivity index (χ3v) is 5.56. The minimum Gasteiger partial charge on any atom is -0.348 e. The van der Waals surface area contributed by atoms with Gasteiger partial charge in [0.05, 0.1) is 13.1 Å². The van der Waals surface area contributed by atoms with Crippen LogP contribution in [0.2, 0.25) is 0 Å². The molecule has 0 saturated carbocycles. The summed E-state index contributed by atoms with van der Waals surface area (Å²) >= 11 is 1.07. The summed E-state index contributed by atoms with van der Waals surface area (Å²) in [5.74, 6) is -1.82. The minimum atomic E-state index is -2.75. The fourth-order valence-corrected chi connectivity index (χ4v) is 3.83. The average Bonchev–Trinajstić information content (AvgIpc) is 3.24. The van der Waals surface area contributed by atoms with Gasteiger partial charge in [-0.2, -0.15) is 10.1 Å². The predicted octanol–water partition coefficient (Wildman–Crippen LogP) is 3.99. The Balaban J connectivity index is 1.78. The Labute approximate surface area is 177 Å². The maximum atomic E-state index is 13.9. The molecule has 10 heteroatoms. The molecule has 0 N–H and O–H groups in total. The maximum Gasteiger partial charge on any atom is 0.266 e. The molecule has 1 fully saturated rings. The number of hydrogen-bond donors (Lipinski definition) is 0. The highest BCUT2D eigenvalue weighted by atomic mass is 32.2. The smallest absolute Gasteiger partial charge is 0.266 e. The molecule has 156 valence electrons. The number of nitrogens with zero attached hydrogens (tertiary/aromatic N) is 7. The second kappa shape index (κ2) is 7.47. The Bertz CT molecular complexity index is 1130. The van der Waals surface area contributed by atoms with Crippen molar-refractivity contribution >= 4 is 28.7 Å². The second-order valence-electron chi connectivity index (χ2n) is 8.35. The lowest BCUT2D eigenvalue weighted by molar-refractivity contribution is 0.0257. The molecule has 2 aromatic heterocycles. The van der Waals surface area contributed by atoms with Crippen LogP contribution in [0.25, 0.3) is 11.2 Å². The first-order valence-electron chi connectivity index (χ1n) is 9.56. The molecule has 0 aliphatic carbocycles. The highest BCUT2D eigenvalue weighted by Crippen LogP contribution is 2.34. The van der Waals surface area contributed by atoms with Gasteiger partial charge in [-0.15, -0.1) is 10.2 Å². The van der Waals surface area contributed by atoms with E-state index >= 15 is 0 Å². The Morgan fingerprint density at radius 3 is 2.63 bits per heavy atom. The van der Waals surface area contributed by atoms with Crippen molar-refractivity contribution in [2.75, 3.05) is 18.0 Å². The molecule has 0 radical (unpaired) electrons. The first-order chi connectivity index (χ1) is 14.2. The summed E-state index contributed by atoms with van der Waals surface area (Å²) in [6.07, 6.45) is -0.212. The van der Waals surface area contributed by atoms with Gasteiger partial charge in [-0.1, -0.05) is 39.0 Å². The van der Waals surface area contributed by atoms with Crippen LogP contribution in [0.15, 0.2) is 29.2 Å². The number of benzene rings is 1. The van der Waals surface area contributed by atoms with Crippen molar-refractivity contribution in [1.82, 2.24) is 25.0 Å². The van der Waals surface area contributed by atoms with Gasteiger partial charge < -0.3 is 4.90 Å². The summed E-state index contributed by atoms with van der Waals surface area (Å²) in [7, 11) is 0. The van der Waals surface area contributed by atoms with Crippen molar-refractivity contribution < 1.29 is 8.78 Å². The zero-order chi connectivity index (χ0) is 21.5. The van der Waals surface area contributed by atoms with Crippen LogP contribution in [0, 0.1) is 10.7 Å². The minimum absolute atomic E-state index is 0.206. The van der Waals surface area contributed by atoms with Crippen LogP contribution < -0.4 is 4.90 Å². The molecule has 1 saturated heterocycles. The SMILES string of the molecule is CC(C)(C)c1nc(N2CCC(F)(F)C2)c2nn(Cc3ccccc3SC#N)nc2n1. The predicted molar refractivity (Wildman–Crippen MR) is 111 cm³/mol. The quantitative estimate of drug-likeness (QED) is 0.458. The molecular weight excluding hydrogens is 408 g/mol. The fourth-order valence-electron chi connectivity index (χ4n) is 3.32. The van der Waals surface area contributed by atoms with Gasteiger partial charge in [0.1, 0.15) is 11.2 Å². The second-order valence-corrected chi connectivity index (χ2v) is 9.18. The van der Waals surface area contributed by atoms with E-state index in [1.54, 1.807) is 4.90 Å². The number of nitriles is 1. The van der Waals surface area contributed by atoms with Crippen molar-refractivity contribution in [3.8, 4) is 5.40 Å². The Kier molecular flexibility index (Phi) is 5.10. The molecule has 0 unspecified atom stereocenters. The van der Waals surface area contributed by atoms with Crippen molar-refractivity contribution in [3.63, 3.8) is 0 Å². The van der Waals surface area contributed by atoms with Crippen LogP contribution in [0.5, 0.6) is 0 Å². The zero-order valence-corrected chi connectivity index (χ0v) is 17.7. The fraction of sp³-hybridized carbons (Fsp3) is 0.450. The first kappa shape index (κ1) is 20.5. The average molecular weight is 430 g/mol. The van der Waals surface area contributed by atoms with Crippen LogP contribution in [0.4, 0.5) is 14.6 Å². The zero-order valence-electron chi connectivity index (χ0n) is 16.9. The van der Waals surface area contributed by atoms with E-state index in [-0.39, 0.29) is 18.4 Å². The van der Waals surface area contributed by atoms with Crippen molar-refractivity contribution in [1.29, 1.82) is 5.26 Å². The largest absolute Gasteiger partial charge is 0.348 e. The number of anilines is 1. The van der Waals surface area contributed by atoms with E-state index in [1.165, 1.54) is 4.80 Å². The van der Waals surface area contributed by atoms with Crippen LogP contribution in [0.1, 0.15) is 38.6 Å². The number of aromatic nitrogens is 5. The number of fused-ring (bicyclic) bond motifs is 1. The molecule has 0 amide bonds. The number of hydrogen-bond acceptors (Lipinski definition) is 7. The number of rotatable bonds is 4. The van der Waals surface area contributed by atoms with Gasteiger partial charge in [0, 0.05) is 23.3 Å². The van der Waals surface area contributed by atoms with Crippen LogP contribution in [0.3, 0.4) is 0 Å². The van der Waals surface area contributed by atoms with Gasteiger partial charge in [-0.25, -0.2) is 18.7 Å². The van der Waals surface area contributed by atoms with E-state index in [1.807, 2.05) is 45.0 Å². The number of thiocyanates is 1. The molecule has 3 heterocycles. The Morgan fingerprint density at radius 2 is 1.97 bits per heavy atom. The van der Waals surface area contributed by atoms with E-state index in [0.717, 1.165) is 22.2 Å². The summed E-state index contributed by atoms with van der Waals surface area (Å²) in [5.41, 5.74) is 1.31. The highest BCUT2D eigenvalue weighted by Gasteiger charge is 2.40. The third-order valence-electron chi connectivity index (χ3n) is 4.85. The van der Waals surface area contributed by atoms with Crippen LogP contribution >= 0.6 is 11.8 Å². The number of alkyl halides is 2. The monoisotopic (exact) mass is 429 g/mol. The van der Waals surface area contributed by atoms with Crippen LogP contribution in [-0.4, -0.2) is 44.0 Å². The highest BCUT2D eigenvalue weighted by molar-refractivity contribution is 8.03. The van der Waals surface area contributed by atoms with E-state index < -0.39 is 12.5 Å². The van der Waals surface area contributed by atoms with Crippen molar-refractivity contribution in [2.45, 2.75) is 50.0 Å². The third kappa shape index (κ3) is 4.07. The molecule has 1 aliphatic rings. The van der Waals surface area contributed by atoms with Crippen molar-refractivity contribution in [2.24, 2.45) is 0 Å². The van der Waals surface area contributed by atoms with Gasteiger partial charge in [-0.3, -0.25) is 0 Å². The normalized spacial score (nSPS) is 16.2. The summed E-state index contributed by atoms with van der Waals surface area (Å²) in [6.45, 7) is 6.05. The van der Waals surface area contributed by atoms with Gasteiger partial charge in [-0.05, 0) is 23.4 Å². The summed E-state index contributed by atoms with van der Waals surface area (Å²) < 4.78 is 27.7. The number of thioether (sulfide) groups is 1. The maximum absolute atomic E-state index is 13.9. The molecule has 0 atom stereocenters. The van der Waals surface area contributed by atoms with Crippen LogP contribution in [-0.2, 0) is 12.0 Å². The van der Waals surface area contributed by atoms with Gasteiger partial charge in [0.2, 0.25) is 5.65 Å². The molecule has 30 heavy (non-hydrogen) atoms. The molecule has 1 aliphatic heterocycles. The lowest BCUT2D eigenvalue weighted by atomic mass is 9.96. The Morgan fingerprint density at radius 1 is 1.20 bits per heavy atom. The van der Waals surface area contributed by atoms with Gasteiger partial charge in [0.25, 0.3) is 5.92 Å². The Hall–Kier alpha value is -2.80. The topological polar surface area (TPSA) is 83.5 Å². The standard InChI is InChI=1S/C20H21F2N7S/c1-19(2,3)18-24-16-15(17(25-18)28-9-8-20(21,22)11-28)26-29(27-16)10-13-6-4-5-7-14(13)30-12-23/h4-7H,8-11H2,1-3H3. The lowest BCUT2D eigenvalue weighted by Gasteiger charge is -2.21. The van der Waals surface area contributed by atoms with Gasteiger partial charge in [0.15, 0.2) is 11.3 Å². The molecule has 0 spiro atoms. The van der Waals surface area contributed by atoms with Crippen molar-refractivity contribution in [3.05, 3.63) is 35.7 Å². The molecule has 3 aromatic rings. The summed E-state index contributed by atoms with van der Waals surface area (Å²) in [6, 6.07) is 7.52. The number of halogens is 2. The van der Waals surface area contributed by atoms with Gasteiger partial charge >= 0.3 is 0 Å². The molecule has 7 nitrogen and oxygen atoms in total. The molecule has 0 bridgehead atoms. The van der Waals surface area contributed by atoms with E-state index in [2.05, 4.69) is 25.6 Å². The first-order valence-corrected chi connectivity index (χ1v) is 10.4. The summed E-state index contributed by atoms with van der Waals surface area (Å²) in [4.78, 5) is 13.0. The van der Waals surface area contributed by atoms with E-state index in [4.69, 9.17) is 5.26 Å². The lowest BCUT2D eigenvalue weighted by Crippen LogP contribution is -2.27. The van der Waals surface area contributed by atoms with E-state index in [9.17, 15) is 8.78 Å². The molecule has 4 rings (SSSR count). The molecule has 1 aromatic carbocycles. The summed E-state index contributed by atoms with van der Waals surface area (Å²) in [5, 5.41) is 20.1. The molecular formula is C20H21F2N7S. The van der Waals surface area contributed by atoms with E-state index in [0.29, 0.717) is 29.4 Å².